The van der Waals surface area contributed by atoms with E-state index < -0.39 is 0 Å². The number of nitrogens with two attached hydrogens (primary N) is 1. The minimum absolute atomic E-state index is 0.170. The van der Waals surface area contributed by atoms with E-state index in [1.54, 1.807) is 29.2 Å². The molecule has 0 aliphatic carbocycles. The molecule has 0 fully saturated rings. The molecule has 0 amide bonds. The molecule has 2 N–H and O–H groups in total. The Kier molecular flexibility index (Phi) is 4.16. The molecule has 2 rings (SSSR count). The fraction of sp³-hybridized carbons (Fsp3) is 0.357. The molecule has 0 spiro atoms. The monoisotopic (exact) mass is 263 g/mol. The molecule has 0 atom stereocenters. The summed E-state index contributed by atoms with van der Waals surface area (Å²) in [6, 6.07) is 5.09. The van der Waals surface area contributed by atoms with Crippen molar-refractivity contribution in [1.29, 1.82) is 0 Å². The fourth-order valence-corrected chi connectivity index (χ4v) is 1.70. The van der Waals surface area contributed by atoms with Gasteiger partial charge in [-0.05, 0) is 31.5 Å². The van der Waals surface area contributed by atoms with Gasteiger partial charge in [-0.1, -0.05) is 6.07 Å². The van der Waals surface area contributed by atoms with Gasteiger partial charge in [0.1, 0.15) is 12.4 Å². The Labute approximate surface area is 112 Å². The van der Waals surface area contributed by atoms with E-state index in [0.717, 1.165) is 5.56 Å². The molecule has 0 unspecified atom stereocenters. The number of nitrogens with zero attached hydrogens (tertiary/aromatic N) is 2. The van der Waals surface area contributed by atoms with Crippen molar-refractivity contribution in [2.75, 3.05) is 0 Å². The van der Waals surface area contributed by atoms with Crippen molar-refractivity contribution in [2.24, 2.45) is 5.73 Å². The van der Waals surface area contributed by atoms with Crippen LogP contribution in [-0.4, -0.2) is 9.78 Å². The van der Waals surface area contributed by atoms with E-state index >= 15 is 0 Å². The maximum atomic E-state index is 13.6. The highest BCUT2D eigenvalue weighted by atomic mass is 19.1. The topological polar surface area (TPSA) is 53.1 Å². The quantitative estimate of drug-likeness (QED) is 0.902. The van der Waals surface area contributed by atoms with Crippen LogP contribution in [0.4, 0.5) is 4.39 Å². The van der Waals surface area contributed by atoms with Crippen molar-refractivity contribution >= 4 is 0 Å². The van der Waals surface area contributed by atoms with Crippen molar-refractivity contribution in [3.8, 4) is 5.75 Å². The van der Waals surface area contributed by atoms with E-state index in [1.165, 1.54) is 6.07 Å². The molecular formula is C14H18FN3O. The smallest absolute Gasteiger partial charge is 0.157 e. The van der Waals surface area contributed by atoms with Gasteiger partial charge in [0.2, 0.25) is 0 Å². The first-order valence-electron chi connectivity index (χ1n) is 6.24. The van der Waals surface area contributed by atoms with Crippen molar-refractivity contribution in [2.45, 2.75) is 33.0 Å². The summed E-state index contributed by atoms with van der Waals surface area (Å²) in [6.45, 7) is 4.62. The fourth-order valence-electron chi connectivity index (χ4n) is 1.70. The minimum Gasteiger partial charge on any atom is -0.486 e. The highest BCUT2D eigenvalue weighted by molar-refractivity contribution is 5.25. The van der Waals surface area contributed by atoms with Crippen LogP contribution >= 0.6 is 0 Å². The van der Waals surface area contributed by atoms with Gasteiger partial charge < -0.3 is 10.5 Å². The third-order valence-electron chi connectivity index (χ3n) is 2.85. The van der Waals surface area contributed by atoms with Gasteiger partial charge in [-0.25, -0.2) is 4.39 Å². The molecule has 0 saturated carbocycles. The van der Waals surface area contributed by atoms with Crippen LogP contribution in [0.3, 0.4) is 0 Å². The molecule has 0 radical (unpaired) electrons. The van der Waals surface area contributed by atoms with Crippen molar-refractivity contribution in [1.82, 2.24) is 9.78 Å². The lowest BCUT2D eigenvalue weighted by Gasteiger charge is -2.07. The van der Waals surface area contributed by atoms with Gasteiger partial charge in [0.05, 0.1) is 12.4 Å². The summed E-state index contributed by atoms with van der Waals surface area (Å²) in [7, 11) is 0. The van der Waals surface area contributed by atoms with E-state index in [9.17, 15) is 4.39 Å². The van der Waals surface area contributed by atoms with Crippen LogP contribution in [0.1, 0.15) is 31.0 Å². The van der Waals surface area contributed by atoms with E-state index in [-0.39, 0.29) is 18.5 Å². The first kappa shape index (κ1) is 13.5. The molecular weight excluding hydrogens is 245 g/mol. The molecule has 1 aromatic heterocycles. The molecule has 4 nitrogen and oxygen atoms in total. The van der Waals surface area contributed by atoms with Crippen molar-refractivity contribution in [3.05, 3.63) is 47.5 Å². The summed E-state index contributed by atoms with van der Waals surface area (Å²) in [5.41, 5.74) is 6.92. The Morgan fingerprint density at radius 3 is 2.84 bits per heavy atom. The summed E-state index contributed by atoms with van der Waals surface area (Å²) in [5, 5.41) is 4.16. The molecule has 19 heavy (non-hydrogen) atoms. The van der Waals surface area contributed by atoms with Crippen LogP contribution in [-0.2, 0) is 13.2 Å². The van der Waals surface area contributed by atoms with Gasteiger partial charge in [-0.15, -0.1) is 0 Å². The van der Waals surface area contributed by atoms with Gasteiger partial charge in [-0.2, -0.15) is 5.10 Å². The summed E-state index contributed by atoms with van der Waals surface area (Å²) in [6.07, 6.45) is 3.43. The van der Waals surface area contributed by atoms with E-state index in [4.69, 9.17) is 10.5 Å². The zero-order chi connectivity index (χ0) is 13.8. The molecule has 2 aromatic rings. The minimum atomic E-state index is -0.284. The maximum absolute atomic E-state index is 13.6. The predicted molar refractivity (Wildman–Crippen MR) is 71.2 cm³/mol. The molecule has 0 saturated heterocycles. The Morgan fingerprint density at radius 1 is 1.42 bits per heavy atom. The number of hydrogen-bond acceptors (Lipinski definition) is 3. The summed E-state index contributed by atoms with van der Waals surface area (Å²) in [4.78, 5) is 0. The highest BCUT2D eigenvalue weighted by Gasteiger charge is 2.06. The number of ether oxygens (including phenoxy) is 1. The van der Waals surface area contributed by atoms with E-state index in [2.05, 4.69) is 5.10 Å². The zero-order valence-corrected chi connectivity index (χ0v) is 11.1. The van der Waals surface area contributed by atoms with Gasteiger partial charge in [0.25, 0.3) is 0 Å². The average Bonchev–Trinajstić information content (AvgIpc) is 2.87. The first-order chi connectivity index (χ1) is 9.10. The van der Waals surface area contributed by atoms with Gasteiger partial charge >= 0.3 is 0 Å². The van der Waals surface area contributed by atoms with Crippen LogP contribution in [0.15, 0.2) is 30.6 Å². The highest BCUT2D eigenvalue weighted by Crippen LogP contribution is 2.16. The number of rotatable bonds is 5. The second-order valence-electron chi connectivity index (χ2n) is 4.67. The number of aromatic nitrogens is 2. The lowest BCUT2D eigenvalue weighted by molar-refractivity contribution is 0.299. The normalized spacial score (nSPS) is 11.0. The summed E-state index contributed by atoms with van der Waals surface area (Å²) >= 11 is 0. The third kappa shape index (κ3) is 3.32. The summed E-state index contributed by atoms with van der Waals surface area (Å²) < 4.78 is 20.9. The lowest BCUT2D eigenvalue weighted by atomic mass is 10.1. The van der Waals surface area contributed by atoms with Crippen molar-refractivity contribution in [3.63, 3.8) is 0 Å². The van der Waals surface area contributed by atoms with E-state index in [1.807, 2.05) is 13.8 Å². The third-order valence-corrected chi connectivity index (χ3v) is 2.85. The standard InChI is InChI=1S/C14H18FN3O/c1-10(2)18-8-13(7-17-18)19-9-12-5-11(6-16)3-4-14(12)15/h3-5,7-8,10H,6,9,16H2,1-2H3. The lowest BCUT2D eigenvalue weighted by Crippen LogP contribution is -2.02. The molecule has 0 aliphatic heterocycles. The molecule has 102 valence electrons. The SMILES string of the molecule is CC(C)n1cc(OCc2cc(CN)ccc2F)cn1. The maximum Gasteiger partial charge on any atom is 0.157 e. The predicted octanol–water partition coefficient (Wildman–Crippen LogP) is 2.64. The van der Waals surface area contributed by atoms with Gasteiger partial charge in [-0.3, -0.25) is 4.68 Å². The Morgan fingerprint density at radius 2 is 2.21 bits per heavy atom. The second kappa shape index (κ2) is 5.84. The van der Waals surface area contributed by atoms with Crippen LogP contribution in [0.2, 0.25) is 0 Å². The largest absolute Gasteiger partial charge is 0.486 e. The van der Waals surface area contributed by atoms with Crippen LogP contribution in [0, 0.1) is 5.82 Å². The number of halogens is 1. The molecule has 5 heteroatoms. The van der Waals surface area contributed by atoms with Crippen LogP contribution < -0.4 is 10.5 Å². The number of hydrogen-bond donors (Lipinski definition) is 1. The van der Waals surface area contributed by atoms with E-state index in [0.29, 0.717) is 17.9 Å². The molecule has 0 bridgehead atoms. The van der Waals surface area contributed by atoms with Crippen LogP contribution in [0.5, 0.6) is 5.75 Å². The van der Waals surface area contributed by atoms with Gasteiger partial charge in [0.15, 0.2) is 5.75 Å². The molecule has 0 aliphatic rings. The number of benzene rings is 1. The Hall–Kier alpha value is -1.88. The Balaban J connectivity index is 2.05. The van der Waals surface area contributed by atoms with Gasteiger partial charge in [0, 0.05) is 18.2 Å². The van der Waals surface area contributed by atoms with Crippen LogP contribution in [0.25, 0.3) is 0 Å². The molecule has 1 heterocycles. The van der Waals surface area contributed by atoms with Crippen molar-refractivity contribution < 1.29 is 9.13 Å². The average molecular weight is 263 g/mol. The second-order valence-corrected chi connectivity index (χ2v) is 4.67. The first-order valence-corrected chi connectivity index (χ1v) is 6.24. The zero-order valence-electron chi connectivity index (χ0n) is 11.1. The molecule has 1 aromatic carbocycles. The Bertz CT molecular complexity index is 551. The summed E-state index contributed by atoms with van der Waals surface area (Å²) in [5.74, 6) is 0.347.